The van der Waals surface area contributed by atoms with Crippen LogP contribution in [0.3, 0.4) is 0 Å². The van der Waals surface area contributed by atoms with Crippen LogP contribution in [0, 0.1) is 11.7 Å². The number of halogens is 2. The van der Waals surface area contributed by atoms with Crippen LogP contribution in [-0.2, 0) is 4.79 Å². The lowest BCUT2D eigenvalue weighted by atomic mass is 10.1. The minimum atomic E-state index is -0.594. The molecular weight excluding hydrogens is 231 g/mol. The Kier molecular flexibility index (Phi) is 4.26. The fourth-order valence-corrected chi connectivity index (χ4v) is 1.28. The summed E-state index contributed by atoms with van der Waals surface area (Å²) < 4.78 is 12.9. The summed E-state index contributed by atoms with van der Waals surface area (Å²) in [6, 6.07) is 3.39. The molecule has 1 aromatic rings. The molecule has 0 aromatic heterocycles. The van der Waals surface area contributed by atoms with Gasteiger partial charge in [-0.1, -0.05) is 25.4 Å². The highest BCUT2D eigenvalue weighted by molar-refractivity contribution is 6.31. The van der Waals surface area contributed by atoms with Crippen molar-refractivity contribution in [2.24, 2.45) is 11.7 Å². The van der Waals surface area contributed by atoms with Gasteiger partial charge in [0.1, 0.15) is 5.82 Å². The standard InChI is InChI=1S/C11H14ClFN2O/c1-6(2)10(14)11(16)15-7-3-4-9(13)8(12)5-7/h3-6,10H,14H2,1-2H3,(H,15,16)/t10-/m0/s1. The number of benzene rings is 1. The molecule has 0 spiro atoms. The van der Waals surface area contributed by atoms with Gasteiger partial charge in [0.25, 0.3) is 0 Å². The largest absolute Gasteiger partial charge is 0.325 e. The van der Waals surface area contributed by atoms with Gasteiger partial charge in [0.05, 0.1) is 11.1 Å². The first-order chi connectivity index (χ1) is 7.41. The maximum Gasteiger partial charge on any atom is 0.241 e. The Bertz CT molecular complexity index is 396. The number of hydrogen-bond acceptors (Lipinski definition) is 2. The van der Waals surface area contributed by atoms with E-state index in [1.807, 2.05) is 13.8 Å². The van der Waals surface area contributed by atoms with E-state index in [0.717, 1.165) is 0 Å². The molecule has 16 heavy (non-hydrogen) atoms. The summed E-state index contributed by atoms with van der Waals surface area (Å²) in [5, 5.41) is 2.54. The molecule has 0 unspecified atom stereocenters. The molecule has 0 saturated carbocycles. The highest BCUT2D eigenvalue weighted by atomic mass is 35.5. The molecular formula is C11H14ClFN2O. The molecule has 0 fully saturated rings. The third kappa shape index (κ3) is 3.18. The van der Waals surface area contributed by atoms with E-state index >= 15 is 0 Å². The van der Waals surface area contributed by atoms with E-state index in [2.05, 4.69) is 5.32 Å². The van der Waals surface area contributed by atoms with E-state index in [-0.39, 0.29) is 16.8 Å². The quantitative estimate of drug-likeness (QED) is 0.858. The first-order valence-electron chi connectivity index (χ1n) is 4.93. The lowest BCUT2D eigenvalue weighted by Gasteiger charge is -2.15. The summed E-state index contributed by atoms with van der Waals surface area (Å²) in [7, 11) is 0. The van der Waals surface area contributed by atoms with Crippen LogP contribution in [0.2, 0.25) is 5.02 Å². The minimum absolute atomic E-state index is 0.0316. The Morgan fingerprint density at radius 3 is 2.62 bits per heavy atom. The molecule has 0 saturated heterocycles. The molecule has 3 nitrogen and oxygen atoms in total. The van der Waals surface area contributed by atoms with Gasteiger partial charge in [-0.3, -0.25) is 4.79 Å². The highest BCUT2D eigenvalue weighted by Crippen LogP contribution is 2.19. The molecule has 0 aliphatic rings. The fourth-order valence-electron chi connectivity index (χ4n) is 1.10. The van der Waals surface area contributed by atoms with Crippen LogP contribution >= 0.6 is 11.6 Å². The molecule has 0 aliphatic heterocycles. The lowest BCUT2D eigenvalue weighted by molar-refractivity contribution is -0.118. The second kappa shape index (κ2) is 5.27. The van der Waals surface area contributed by atoms with E-state index in [0.29, 0.717) is 5.69 Å². The number of nitrogens with one attached hydrogen (secondary N) is 1. The van der Waals surface area contributed by atoms with E-state index in [1.165, 1.54) is 18.2 Å². The second-order valence-electron chi connectivity index (χ2n) is 3.89. The lowest BCUT2D eigenvalue weighted by Crippen LogP contribution is -2.39. The van der Waals surface area contributed by atoms with Crippen LogP contribution in [0.25, 0.3) is 0 Å². The molecule has 0 heterocycles. The molecule has 1 amide bonds. The first kappa shape index (κ1) is 12.9. The van der Waals surface area contributed by atoms with Crippen LogP contribution in [0.15, 0.2) is 18.2 Å². The van der Waals surface area contributed by atoms with Crippen molar-refractivity contribution in [1.29, 1.82) is 0 Å². The molecule has 1 aromatic carbocycles. The molecule has 1 atom stereocenters. The van der Waals surface area contributed by atoms with Gasteiger partial charge in [0.15, 0.2) is 0 Å². The zero-order valence-corrected chi connectivity index (χ0v) is 9.88. The Morgan fingerprint density at radius 1 is 1.50 bits per heavy atom. The highest BCUT2D eigenvalue weighted by Gasteiger charge is 2.17. The number of nitrogens with two attached hydrogens (primary N) is 1. The number of hydrogen-bond donors (Lipinski definition) is 2. The van der Waals surface area contributed by atoms with Crippen molar-refractivity contribution in [3.63, 3.8) is 0 Å². The summed E-state index contributed by atoms with van der Waals surface area (Å²) in [6.07, 6.45) is 0. The van der Waals surface area contributed by atoms with Gasteiger partial charge in [-0.25, -0.2) is 4.39 Å². The van der Waals surface area contributed by atoms with Gasteiger partial charge >= 0.3 is 0 Å². The minimum Gasteiger partial charge on any atom is -0.325 e. The van der Waals surface area contributed by atoms with Crippen molar-refractivity contribution >= 4 is 23.2 Å². The van der Waals surface area contributed by atoms with Crippen molar-refractivity contribution in [2.45, 2.75) is 19.9 Å². The topological polar surface area (TPSA) is 55.1 Å². The maximum atomic E-state index is 12.9. The normalized spacial score (nSPS) is 12.6. The smallest absolute Gasteiger partial charge is 0.241 e. The summed E-state index contributed by atoms with van der Waals surface area (Å²) in [5.74, 6) is -0.790. The first-order valence-corrected chi connectivity index (χ1v) is 5.31. The van der Waals surface area contributed by atoms with Crippen molar-refractivity contribution in [2.75, 3.05) is 5.32 Å². The number of amides is 1. The van der Waals surface area contributed by atoms with E-state index in [1.54, 1.807) is 0 Å². The second-order valence-corrected chi connectivity index (χ2v) is 4.30. The maximum absolute atomic E-state index is 12.9. The average Bonchev–Trinajstić information content (AvgIpc) is 2.22. The summed E-state index contributed by atoms with van der Waals surface area (Å²) in [5.41, 5.74) is 6.09. The third-order valence-electron chi connectivity index (χ3n) is 2.21. The predicted molar refractivity (Wildman–Crippen MR) is 62.9 cm³/mol. The molecule has 0 radical (unpaired) electrons. The van der Waals surface area contributed by atoms with E-state index in [9.17, 15) is 9.18 Å². The van der Waals surface area contributed by atoms with Crippen molar-refractivity contribution in [1.82, 2.24) is 0 Å². The molecule has 3 N–H and O–H groups in total. The molecule has 5 heteroatoms. The van der Waals surface area contributed by atoms with Gasteiger partial charge in [-0.2, -0.15) is 0 Å². The van der Waals surface area contributed by atoms with Gasteiger partial charge in [0, 0.05) is 5.69 Å². The zero-order chi connectivity index (χ0) is 12.3. The van der Waals surface area contributed by atoms with Gasteiger partial charge in [0.2, 0.25) is 5.91 Å². The van der Waals surface area contributed by atoms with Crippen LogP contribution < -0.4 is 11.1 Å². The number of carbonyl (C=O) groups is 1. The van der Waals surface area contributed by atoms with E-state index in [4.69, 9.17) is 17.3 Å². The molecule has 0 bridgehead atoms. The Balaban J connectivity index is 2.74. The SMILES string of the molecule is CC(C)[C@H](N)C(=O)Nc1ccc(F)c(Cl)c1. The van der Waals surface area contributed by atoms with Gasteiger partial charge < -0.3 is 11.1 Å². The third-order valence-corrected chi connectivity index (χ3v) is 2.50. The molecule has 1 rings (SSSR count). The van der Waals surface area contributed by atoms with Crippen LogP contribution in [0.1, 0.15) is 13.8 Å². The monoisotopic (exact) mass is 244 g/mol. The summed E-state index contributed by atoms with van der Waals surface area (Å²) in [6.45, 7) is 3.70. The fraction of sp³-hybridized carbons (Fsp3) is 0.364. The summed E-state index contributed by atoms with van der Waals surface area (Å²) >= 11 is 5.58. The summed E-state index contributed by atoms with van der Waals surface area (Å²) in [4.78, 5) is 11.6. The van der Waals surface area contributed by atoms with Crippen LogP contribution in [-0.4, -0.2) is 11.9 Å². The number of anilines is 1. The van der Waals surface area contributed by atoms with Crippen molar-refractivity contribution < 1.29 is 9.18 Å². The van der Waals surface area contributed by atoms with Gasteiger partial charge in [-0.15, -0.1) is 0 Å². The molecule has 0 aliphatic carbocycles. The number of rotatable bonds is 3. The van der Waals surface area contributed by atoms with E-state index < -0.39 is 11.9 Å². The van der Waals surface area contributed by atoms with Crippen LogP contribution in [0.5, 0.6) is 0 Å². The Morgan fingerprint density at radius 2 is 2.12 bits per heavy atom. The van der Waals surface area contributed by atoms with Crippen molar-refractivity contribution in [3.8, 4) is 0 Å². The van der Waals surface area contributed by atoms with Crippen molar-refractivity contribution in [3.05, 3.63) is 29.0 Å². The Labute approximate surface area is 98.8 Å². The number of carbonyl (C=O) groups excluding carboxylic acids is 1. The van der Waals surface area contributed by atoms with Crippen LogP contribution in [0.4, 0.5) is 10.1 Å². The predicted octanol–water partition coefficient (Wildman–Crippen LogP) is 2.40. The average molecular weight is 245 g/mol. The molecule has 88 valence electrons. The Hall–Kier alpha value is -1.13. The van der Waals surface area contributed by atoms with Gasteiger partial charge in [-0.05, 0) is 24.1 Å². The zero-order valence-electron chi connectivity index (χ0n) is 9.13.